The van der Waals surface area contributed by atoms with Gasteiger partial charge in [0.25, 0.3) is 0 Å². The predicted molar refractivity (Wildman–Crippen MR) is 195 cm³/mol. The van der Waals surface area contributed by atoms with Gasteiger partial charge in [0.15, 0.2) is 0 Å². The van der Waals surface area contributed by atoms with Gasteiger partial charge in [0, 0.05) is 0 Å². The molecule has 9 heteroatoms. The van der Waals surface area contributed by atoms with Crippen molar-refractivity contribution in [2.45, 2.75) is 173 Å². The Labute approximate surface area is 321 Å². The molecule has 0 heterocycles. The maximum Gasteiger partial charge on any atom is 1.00 e. The van der Waals surface area contributed by atoms with E-state index in [1.165, 1.54) is 96.3 Å². The summed E-state index contributed by atoms with van der Waals surface area (Å²) in [6.45, 7) is 4.78. The molecule has 0 aliphatic rings. The van der Waals surface area contributed by atoms with Crippen molar-refractivity contribution in [1.29, 1.82) is 0 Å². The molecule has 0 aliphatic carbocycles. The van der Waals surface area contributed by atoms with Crippen molar-refractivity contribution in [2.24, 2.45) is 0 Å². The van der Waals surface area contributed by atoms with Crippen molar-refractivity contribution >= 4 is 22.1 Å². The van der Waals surface area contributed by atoms with E-state index in [1.54, 1.807) is 0 Å². The molecule has 1 rings (SSSR count). The Hall–Kier alpha value is -1.45. The first-order valence-corrected chi connectivity index (χ1v) is 20.5. The molecular weight excluding hydrogens is 647 g/mol. The van der Waals surface area contributed by atoms with Gasteiger partial charge in [-0.05, 0) is 69.6 Å². The van der Waals surface area contributed by atoms with Gasteiger partial charge in [-0.1, -0.05) is 141 Å². The Morgan fingerprint density at radius 3 is 1.29 bits per heavy atom. The van der Waals surface area contributed by atoms with E-state index < -0.39 is 27.0 Å². The molecule has 0 aromatic heterocycles. The molecule has 0 amide bonds. The van der Waals surface area contributed by atoms with Crippen LogP contribution in [-0.4, -0.2) is 38.1 Å². The number of hydrogen-bond donors (Lipinski definition) is 0. The van der Waals surface area contributed by atoms with Gasteiger partial charge in [0.05, 0.1) is 29.2 Å². The van der Waals surface area contributed by atoms with Crippen LogP contribution in [0.4, 0.5) is 0 Å². The van der Waals surface area contributed by atoms with Crippen LogP contribution in [0.5, 0.6) is 0 Å². The minimum atomic E-state index is -4.81. The van der Waals surface area contributed by atoms with Crippen LogP contribution >= 0.6 is 0 Å². The van der Waals surface area contributed by atoms with E-state index in [1.807, 2.05) is 0 Å². The van der Waals surface area contributed by atoms with Crippen molar-refractivity contribution in [2.75, 3.05) is 13.2 Å². The van der Waals surface area contributed by atoms with E-state index in [-0.39, 0.29) is 53.9 Å². The van der Waals surface area contributed by atoms with E-state index in [9.17, 15) is 22.6 Å². The van der Waals surface area contributed by atoms with Crippen LogP contribution in [0, 0.1) is 0 Å². The molecule has 0 N–H and O–H groups in total. The Bertz CT molecular complexity index is 1150. The number of benzene rings is 1. The van der Waals surface area contributed by atoms with Gasteiger partial charge in [-0.2, -0.15) is 0 Å². The van der Waals surface area contributed by atoms with E-state index in [0.29, 0.717) is 12.8 Å². The van der Waals surface area contributed by atoms with Crippen LogP contribution in [0.25, 0.3) is 0 Å². The van der Waals surface area contributed by atoms with Crippen molar-refractivity contribution in [1.82, 2.24) is 0 Å². The number of carbonyl (C=O) groups is 2. The summed E-state index contributed by atoms with van der Waals surface area (Å²) in [5.74, 6) is -1.56. The van der Waals surface area contributed by atoms with E-state index in [4.69, 9.17) is 9.47 Å². The Morgan fingerprint density at radius 1 is 0.551 bits per heavy atom. The average molecular weight is 713 g/mol. The third-order valence-electron chi connectivity index (χ3n) is 8.50. The molecule has 1 aromatic rings. The molecule has 0 saturated heterocycles. The molecule has 0 atom stereocenters. The van der Waals surface area contributed by atoms with Gasteiger partial charge in [0.2, 0.25) is 0 Å². The third-order valence-corrected chi connectivity index (χ3v) is 9.33. The molecule has 274 valence electrons. The SMILES string of the molecule is CCCC/C=C/CCCCCCCCCCOC(=O)c1ccc(S(=O)(=O)[O-])cc1C(=O)OCCCCCCCCCC/C=C/CCCC.[Na+]. The first kappa shape index (κ1) is 47.5. The van der Waals surface area contributed by atoms with Gasteiger partial charge < -0.3 is 14.0 Å². The summed E-state index contributed by atoms with van der Waals surface area (Å²) in [6, 6.07) is 3.11. The second-order valence-electron chi connectivity index (χ2n) is 12.9. The Morgan fingerprint density at radius 2 is 0.898 bits per heavy atom. The van der Waals surface area contributed by atoms with E-state index >= 15 is 0 Å². The molecule has 0 spiro atoms. The minimum absolute atomic E-state index is 0. The number of hydrogen-bond acceptors (Lipinski definition) is 7. The molecule has 0 radical (unpaired) electrons. The Kier molecular flexibility index (Phi) is 31.5. The fourth-order valence-electron chi connectivity index (χ4n) is 5.48. The summed E-state index contributed by atoms with van der Waals surface area (Å²) in [4.78, 5) is 25.1. The van der Waals surface area contributed by atoms with Crippen LogP contribution in [0.3, 0.4) is 0 Å². The molecule has 0 aliphatic heterocycles. The van der Waals surface area contributed by atoms with Crippen molar-refractivity contribution in [3.63, 3.8) is 0 Å². The zero-order valence-electron chi connectivity index (χ0n) is 31.2. The summed E-state index contributed by atoms with van der Waals surface area (Å²) in [7, 11) is -4.81. The molecular formula is C40H65NaO7S. The van der Waals surface area contributed by atoms with Gasteiger partial charge in [-0.3, -0.25) is 0 Å². The number of carbonyl (C=O) groups excluding carboxylic acids is 2. The average Bonchev–Trinajstić information content (AvgIpc) is 3.07. The molecule has 0 unspecified atom stereocenters. The van der Waals surface area contributed by atoms with Gasteiger partial charge in [-0.25, -0.2) is 18.0 Å². The number of ether oxygens (including phenoxy) is 2. The molecule has 0 fully saturated rings. The summed E-state index contributed by atoms with van der Waals surface area (Å²) in [6.07, 6.45) is 36.4. The second kappa shape index (κ2) is 32.5. The summed E-state index contributed by atoms with van der Waals surface area (Å²) >= 11 is 0. The first-order valence-electron chi connectivity index (χ1n) is 19.0. The summed E-state index contributed by atoms with van der Waals surface area (Å²) in [5, 5.41) is 0. The molecule has 0 bridgehead atoms. The fourth-order valence-corrected chi connectivity index (χ4v) is 5.97. The van der Waals surface area contributed by atoms with Crippen molar-refractivity contribution in [3.8, 4) is 0 Å². The quantitative estimate of drug-likeness (QED) is 0.0250. The number of esters is 2. The largest absolute Gasteiger partial charge is 1.00 e. The van der Waals surface area contributed by atoms with Crippen molar-refractivity contribution in [3.05, 3.63) is 53.6 Å². The first-order chi connectivity index (χ1) is 23.3. The zero-order valence-corrected chi connectivity index (χ0v) is 34.0. The summed E-state index contributed by atoms with van der Waals surface area (Å²) in [5.41, 5.74) is -0.349. The minimum Gasteiger partial charge on any atom is -0.744 e. The number of rotatable bonds is 31. The monoisotopic (exact) mass is 712 g/mol. The fraction of sp³-hybridized carbons (Fsp3) is 0.700. The van der Waals surface area contributed by atoms with Crippen LogP contribution in [0.2, 0.25) is 0 Å². The van der Waals surface area contributed by atoms with Crippen LogP contribution < -0.4 is 29.6 Å². The summed E-state index contributed by atoms with van der Waals surface area (Å²) < 4.78 is 45.6. The third kappa shape index (κ3) is 26.1. The molecule has 7 nitrogen and oxygen atoms in total. The van der Waals surface area contributed by atoms with E-state index in [2.05, 4.69) is 38.2 Å². The maximum atomic E-state index is 12.9. The van der Waals surface area contributed by atoms with Gasteiger partial charge in [-0.15, -0.1) is 0 Å². The topological polar surface area (TPSA) is 110 Å². The van der Waals surface area contributed by atoms with Gasteiger partial charge >= 0.3 is 41.5 Å². The second-order valence-corrected chi connectivity index (χ2v) is 14.3. The number of unbranched alkanes of at least 4 members (excludes halogenated alkanes) is 20. The standard InChI is InChI=1S/C40H66O7S.Na/c1-3-5-7-9-11-13-15-17-19-21-23-25-27-29-33-46-39(41)37-32-31-36(48(43,44)45)35-38(37)40(42)47-34-30-28-26-24-22-20-18-16-14-12-10-8-6-4-2;/h9-12,31-32,35H,3-8,13-30,33-34H2,1-2H3,(H,43,44,45);/q;+1/p-1/b11-9+,12-10+;. The van der Waals surface area contributed by atoms with Crippen LogP contribution in [0.15, 0.2) is 47.4 Å². The van der Waals surface area contributed by atoms with Gasteiger partial charge in [0.1, 0.15) is 10.1 Å². The van der Waals surface area contributed by atoms with Crippen molar-refractivity contribution < 1.29 is 61.6 Å². The maximum absolute atomic E-state index is 12.9. The smallest absolute Gasteiger partial charge is 0.744 e. The van der Waals surface area contributed by atoms with Crippen LogP contribution in [-0.2, 0) is 19.6 Å². The van der Waals surface area contributed by atoms with E-state index in [0.717, 1.165) is 63.1 Å². The normalized spacial score (nSPS) is 11.7. The number of allylic oxidation sites excluding steroid dienone is 4. The Balaban J connectivity index is 0.0000230. The molecule has 49 heavy (non-hydrogen) atoms. The molecule has 1 aromatic carbocycles. The zero-order chi connectivity index (χ0) is 35.1. The predicted octanol–water partition coefficient (Wildman–Crippen LogP) is 8.42. The van der Waals surface area contributed by atoms with Crippen LogP contribution in [0.1, 0.15) is 189 Å². The molecule has 0 saturated carbocycles.